The maximum atomic E-state index is 14.0. The van der Waals surface area contributed by atoms with Gasteiger partial charge in [0.15, 0.2) is 4.80 Å². The zero-order valence-electron chi connectivity index (χ0n) is 22.7. The maximum absolute atomic E-state index is 14.0. The highest BCUT2D eigenvalue weighted by Crippen LogP contribution is 2.35. The first kappa shape index (κ1) is 27.8. The van der Waals surface area contributed by atoms with E-state index < -0.39 is 29.4 Å². The monoisotopic (exact) mass is 594 g/mol. The first-order valence-corrected chi connectivity index (χ1v) is 14.1. The number of furan rings is 1. The van der Waals surface area contributed by atoms with Crippen LogP contribution in [0.15, 0.2) is 111 Å². The van der Waals surface area contributed by atoms with Crippen molar-refractivity contribution in [2.45, 2.75) is 13.0 Å². The summed E-state index contributed by atoms with van der Waals surface area (Å²) in [5.74, 6) is -1.53. The molecule has 0 saturated carbocycles. The summed E-state index contributed by atoms with van der Waals surface area (Å²) in [5.41, 5.74) is 1.72. The molecule has 1 unspecified atom stereocenters. The highest BCUT2D eigenvalue weighted by molar-refractivity contribution is 7.07. The predicted octanol–water partition coefficient (Wildman–Crippen LogP) is 5.03. The highest BCUT2D eigenvalue weighted by Gasteiger charge is 2.35. The smallest absolute Gasteiger partial charge is 0.338 e. The molecule has 1 aliphatic heterocycles. The number of benzene rings is 3. The molecule has 0 spiro atoms. The molecule has 2 aromatic heterocycles. The molecule has 0 saturated heterocycles. The third kappa shape index (κ3) is 5.24. The van der Waals surface area contributed by atoms with Gasteiger partial charge in [0.2, 0.25) is 0 Å². The van der Waals surface area contributed by atoms with Crippen LogP contribution in [-0.4, -0.2) is 28.2 Å². The fraction of sp³-hybridized carbons (Fsp3) is 0.0909. The van der Waals surface area contributed by atoms with Crippen molar-refractivity contribution >= 4 is 35.0 Å². The van der Waals surface area contributed by atoms with Crippen molar-refractivity contribution in [3.05, 3.63) is 145 Å². The molecule has 214 valence electrons. The molecule has 1 atom stereocenters. The number of esters is 1. The van der Waals surface area contributed by atoms with E-state index in [1.807, 2.05) is 30.3 Å². The number of ether oxygens (including phenoxy) is 1. The van der Waals surface area contributed by atoms with Gasteiger partial charge in [-0.15, -0.1) is 0 Å². The third-order valence-corrected chi connectivity index (χ3v) is 7.87. The lowest BCUT2D eigenvalue weighted by molar-refractivity contribution is -0.138. The van der Waals surface area contributed by atoms with Crippen LogP contribution in [0.2, 0.25) is 0 Å². The lowest BCUT2D eigenvalue weighted by atomic mass is 9.93. The number of carboxylic acids is 1. The Balaban J connectivity index is 1.55. The molecule has 1 N–H and O–H groups in total. The number of fused-ring (bicyclic) bond motifs is 1. The molecule has 0 aliphatic carbocycles. The number of nitrogens with zero attached hydrogens (tertiary/aromatic N) is 2. The standard InChI is InChI=1S/C33H23FN2O6S/c1-2-41-32(40)27-28(19-8-4-3-5-9-19)35-33-36(29(27)20-12-14-21(34)15-13-20)30(37)26(43-33)18-22-16-17-25(42-22)23-10-6-7-11-24(23)31(38)39/h3-18,29H,2H2,1H3,(H,38,39). The molecule has 1 aliphatic rings. The van der Waals surface area contributed by atoms with E-state index in [2.05, 4.69) is 0 Å². The second-order valence-corrected chi connectivity index (χ2v) is 10.5. The van der Waals surface area contributed by atoms with Crippen LogP contribution in [0.5, 0.6) is 0 Å². The molecule has 0 fully saturated rings. The number of hydrogen-bond acceptors (Lipinski definition) is 7. The van der Waals surface area contributed by atoms with Crippen LogP contribution < -0.4 is 14.9 Å². The molecule has 43 heavy (non-hydrogen) atoms. The summed E-state index contributed by atoms with van der Waals surface area (Å²) in [6.45, 7) is 1.80. The van der Waals surface area contributed by atoms with Crippen LogP contribution in [0.1, 0.15) is 40.2 Å². The molecule has 0 amide bonds. The van der Waals surface area contributed by atoms with Crippen LogP contribution in [-0.2, 0) is 9.53 Å². The van der Waals surface area contributed by atoms with Crippen molar-refractivity contribution in [2.75, 3.05) is 6.61 Å². The van der Waals surface area contributed by atoms with Gasteiger partial charge in [-0.3, -0.25) is 9.36 Å². The van der Waals surface area contributed by atoms with Crippen LogP contribution >= 0.6 is 11.3 Å². The molecular formula is C33H23FN2O6S. The minimum Gasteiger partial charge on any atom is -0.478 e. The van der Waals surface area contributed by atoms with Gasteiger partial charge in [-0.2, -0.15) is 0 Å². The number of carbonyl (C=O) groups is 2. The Labute approximate surface area is 248 Å². The predicted molar refractivity (Wildman–Crippen MR) is 159 cm³/mol. The largest absolute Gasteiger partial charge is 0.478 e. The Kier molecular flexibility index (Phi) is 7.43. The van der Waals surface area contributed by atoms with Gasteiger partial charge >= 0.3 is 11.9 Å². The highest BCUT2D eigenvalue weighted by atomic mass is 32.1. The van der Waals surface area contributed by atoms with E-state index in [4.69, 9.17) is 14.1 Å². The van der Waals surface area contributed by atoms with Crippen LogP contribution in [0.3, 0.4) is 0 Å². The molecule has 6 rings (SSSR count). The minimum atomic E-state index is -1.09. The van der Waals surface area contributed by atoms with Crippen molar-refractivity contribution in [1.29, 1.82) is 0 Å². The molecule has 0 radical (unpaired) electrons. The Morgan fingerprint density at radius 3 is 2.47 bits per heavy atom. The summed E-state index contributed by atoms with van der Waals surface area (Å²) in [7, 11) is 0. The summed E-state index contributed by atoms with van der Waals surface area (Å²) in [4.78, 5) is 44.3. The quantitative estimate of drug-likeness (QED) is 0.265. The fourth-order valence-electron chi connectivity index (χ4n) is 4.99. The Bertz CT molecular complexity index is 2070. The van der Waals surface area contributed by atoms with E-state index in [0.717, 1.165) is 11.3 Å². The average Bonchev–Trinajstić information content (AvgIpc) is 3.61. The lowest BCUT2D eigenvalue weighted by Gasteiger charge is -2.25. The second-order valence-electron chi connectivity index (χ2n) is 9.54. The number of hydrogen-bond donors (Lipinski definition) is 1. The number of aromatic nitrogens is 1. The zero-order valence-corrected chi connectivity index (χ0v) is 23.5. The van der Waals surface area contributed by atoms with Gasteiger partial charge in [0, 0.05) is 17.2 Å². The SMILES string of the molecule is CCOC(=O)C1=C(c2ccccc2)N=c2sc(=Cc3ccc(-c4ccccc4C(=O)O)o3)c(=O)n2C1c1ccc(F)cc1. The number of thiazole rings is 1. The zero-order chi connectivity index (χ0) is 30.1. The van der Waals surface area contributed by atoms with Crippen molar-refractivity contribution in [3.8, 4) is 11.3 Å². The van der Waals surface area contributed by atoms with Crippen LogP contribution in [0.25, 0.3) is 23.1 Å². The summed E-state index contributed by atoms with van der Waals surface area (Å²) >= 11 is 1.11. The first-order chi connectivity index (χ1) is 20.9. The Hall–Kier alpha value is -5.35. The number of halogens is 1. The van der Waals surface area contributed by atoms with E-state index in [9.17, 15) is 23.9 Å². The molecule has 0 bridgehead atoms. The summed E-state index contributed by atoms with van der Waals surface area (Å²) in [6, 6.07) is 23.5. The summed E-state index contributed by atoms with van der Waals surface area (Å²) in [6.07, 6.45) is 1.55. The van der Waals surface area contributed by atoms with E-state index in [1.165, 1.54) is 34.9 Å². The van der Waals surface area contributed by atoms with Gasteiger partial charge in [-0.05, 0) is 42.8 Å². The van der Waals surface area contributed by atoms with Gasteiger partial charge < -0.3 is 14.3 Å². The van der Waals surface area contributed by atoms with E-state index in [-0.39, 0.29) is 22.3 Å². The molecule has 3 aromatic carbocycles. The third-order valence-electron chi connectivity index (χ3n) is 6.88. The first-order valence-electron chi connectivity index (χ1n) is 13.3. The van der Waals surface area contributed by atoms with E-state index in [1.54, 1.807) is 43.3 Å². The lowest BCUT2D eigenvalue weighted by Crippen LogP contribution is -2.40. The van der Waals surface area contributed by atoms with E-state index in [0.29, 0.717) is 38.7 Å². The molecule has 3 heterocycles. The Morgan fingerprint density at radius 1 is 1.02 bits per heavy atom. The van der Waals surface area contributed by atoms with Crippen molar-refractivity contribution in [2.24, 2.45) is 4.99 Å². The molecule has 8 nitrogen and oxygen atoms in total. The molecular weight excluding hydrogens is 571 g/mol. The van der Waals surface area contributed by atoms with Gasteiger partial charge in [0.1, 0.15) is 17.3 Å². The van der Waals surface area contributed by atoms with Gasteiger partial charge in [0.25, 0.3) is 5.56 Å². The van der Waals surface area contributed by atoms with Crippen LogP contribution in [0.4, 0.5) is 4.39 Å². The molecule has 10 heteroatoms. The number of rotatable bonds is 7. The minimum absolute atomic E-state index is 0.0852. The van der Waals surface area contributed by atoms with Gasteiger partial charge in [-0.25, -0.2) is 19.0 Å². The maximum Gasteiger partial charge on any atom is 0.338 e. The Morgan fingerprint density at radius 2 is 1.74 bits per heavy atom. The second kappa shape index (κ2) is 11.5. The van der Waals surface area contributed by atoms with Gasteiger partial charge in [0.05, 0.1) is 34.0 Å². The van der Waals surface area contributed by atoms with Crippen molar-refractivity contribution in [3.63, 3.8) is 0 Å². The topological polar surface area (TPSA) is 111 Å². The van der Waals surface area contributed by atoms with Crippen molar-refractivity contribution in [1.82, 2.24) is 4.57 Å². The average molecular weight is 595 g/mol. The fourth-order valence-corrected chi connectivity index (χ4v) is 5.97. The number of aromatic carboxylic acids is 1. The summed E-state index contributed by atoms with van der Waals surface area (Å²) < 4.78 is 27.0. The van der Waals surface area contributed by atoms with Crippen molar-refractivity contribution < 1.29 is 28.2 Å². The van der Waals surface area contributed by atoms with Crippen LogP contribution in [0, 0.1) is 5.82 Å². The molecule has 5 aromatic rings. The normalized spacial score (nSPS) is 14.7. The summed E-state index contributed by atoms with van der Waals surface area (Å²) in [5, 5.41) is 9.57. The number of carbonyl (C=O) groups excluding carboxylic acids is 1. The van der Waals surface area contributed by atoms with E-state index >= 15 is 0 Å². The number of carboxylic acid groups (broad SMARTS) is 1. The van der Waals surface area contributed by atoms with Gasteiger partial charge in [-0.1, -0.05) is 72.0 Å².